The highest BCUT2D eigenvalue weighted by molar-refractivity contribution is 5.97. The lowest BCUT2D eigenvalue weighted by atomic mass is 10.0. The van der Waals surface area contributed by atoms with E-state index in [1.807, 2.05) is 0 Å². The number of amides is 6. The second-order valence-corrected chi connectivity index (χ2v) is 10.9. The average molecular weight is 635 g/mol. The van der Waals surface area contributed by atoms with Gasteiger partial charge in [0, 0.05) is 19.8 Å². The van der Waals surface area contributed by atoms with Crippen LogP contribution in [0.2, 0.25) is 0 Å². The zero-order valence-electron chi connectivity index (χ0n) is 25.6. The molecule has 9 N–H and O–H groups in total. The third-order valence-electron chi connectivity index (χ3n) is 6.37. The fraction of sp³-hybridized carbons (Fsp3) is 0.517. The van der Waals surface area contributed by atoms with Crippen molar-refractivity contribution >= 4 is 47.4 Å². The molecular weight excluding hydrogens is 592 g/mol. The number of carboxylic acid groups (broad SMARTS) is 2. The van der Waals surface area contributed by atoms with Gasteiger partial charge in [0.1, 0.15) is 30.2 Å². The molecular formula is C29H42N6O10. The van der Waals surface area contributed by atoms with Crippen LogP contribution in [0.5, 0.6) is 0 Å². The summed E-state index contributed by atoms with van der Waals surface area (Å²) in [5.41, 5.74) is 5.76. The van der Waals surface area contributed by atoms with E-state index in [9.17, 15) is 48.6 Å². The van der Waals surface area contributed by atoms with Gasteiger partial charge in [-0.15, -0.1) is 0 Å². The predicted octanol–water partition coefficient (Wildman–Crippen LogP) is -1.44. The summed E-state index contributed by atoms with van der Waals surface area (Å²) in [6, 6.07) is 1.77. The van der Waals surface area contributed by atoms with Crippen molar-refractivity contribution in [3.8, 4) is 0 Å². The van der Waals surface area contributed by atoms with Crippen LogP contribution in [0, 0.1) is 5.92 Å². The topological polar surface area (TPSA) is 263 Å². The first-order chi connectivity index (χ1) is 21.0. The molecule has 1 rings (SSSR count). The van der Waals surface area contributed by atoms with Crippen LogP contribution in [0.15, 0.2) is 30.3 Å². The van der Waals surface area contributed by atoms with E-state index in [1.165, 1.54) is 6.92 Å². The maximum atomic E-state index is 13.2. The third kappa shape index (κ3) is 14.8. The summed E-state index contributed by atoms with van der Waals surface area (Å²) < 4.78 is 0. The molecule has 0 unspecified atom stereocenters. The van der Waals surface area contributed by atoms with Gasteiger partial charge in [-0.2, -0.15) is 0 Å². The lowest BCUT2D eigenvalue weighted by molar-refractivity contribution is -0.143. The molecule has 1 aromatic rings. The van der Waals surface area contributed by atoms with Gasteiger partial charge in [-0.05, 0) is 31.2 Å². The SMILES string of the molecule is CC(=O)N[C@@H](CCC(N)=O)C(=O)N[C@@H](C)C(=O)N[C@@H](CC(=O)O)C(=O)N[C@@H](CC(C)C)C(=O)N[C@@H](Cc1ccccc1)C(=O)O. The fourth-order valence-electron chi connectivity index (χ4n) is 4.16. The molecule has 6 amide bonds. The maximum Gasteiger partial charge on any atom is 0.326 e. The average Bonchev–Trinajstić information content (AvgIpc) is 2.93. The molecule has 45 heavy (non-hydrogen) atoms. The normalized spacial score (nSPS) is 14.1. The molecule has 0 bridgehead atoms. The number of nitrogens with two attached hydrogens (primary N) is 1. The fourth-order valence-corrected chi connectivity index (χ4v) is 4.16. The number of hydrogen-bond donors (Lipinski definition) is 8. The van der Waals surface area contributed by atoms with Crippen LogP contribution < -0.4 is 32.3 Å². The van der Waals surface area contributed by atoms with E-state index in [4.69, 9.17) is 5.73 Å². The van der Waals surface area contributed by atoms with E-state index >= 15 is 0 Å². The molecule has 0 aliphatic rings. The number of nitrogens with one attached hydrogen (secondary N) is 5. The number of aliphatic carboxylic acids is 2. The smallest absolute Gasteiger partial charge is 0.326 e. The van der Waals surface area contributed by atoms with Gasteiger partial charge < -0.3 is 42.5 Å². The van der Waals surface area contributed by atoms with Crippen molar-refractivity contribution in [2.45, 2.75) is 90.0 Å². The van der Waals surface area contributed by atoms with E-state index in [0.29, 0.717) is 5.56 Å². The number of rotatable bonds is 19. The van der Waals surface area contributed by atoms with Gasteiger partial charge in [0.15, 0.2) is 0 Å². The van der Waals surface area contributed by atoms with Crippen LogP contribution in [0.3, 0.4) is 0 Å². The molecule has 0 aliphatic carbocycles. The van der Waals surface area contributed by atoms with Crippen molar-refractivity contribution in [1.82, 2.24) is 26.6 Å². The Morgan fingerprint density at radius 3 is 1.76 bits per heavy atom. The molecule has 0 saturated heterocycles. The monoisotopic (exact) mass is 634 g/mol. The van der Waals surface area contributed by atoms with Gasteiger partial charge in [0.25, 0.3) is 0 Å². The van der Waals surface area contributed by atoms with Gasteiger partial charge in [-0.25, -0.2) is 4.79 Å². The lowest BCUT2D eigenvalue weighted by Gasteiger charge is -2.26. The molecule has 0 aliphatic heterocycles. The summed E-state index contributed by atoms with van der Waals surface area (Å²) in [6.07, 6.45) is -1.23. The highest BCUT2D eigenvalue weighted by atomic mass is 16.4. The molecule has 16 nitrogen and oxygen atoms in total. The minimum absolute atomic E-state index is 0.0309. The number of carboxylic acids is 2. The Labute approximate surface area is 260 Å². The summed E-state index contributed by atoms with van der Waals surface area (Å²) in [5.74, 6) is -7.85. The summed E-state index contributed by atoms with van der Waals surface area (Å²) in [4.78, 5) is 97.9. The largest absolute Gasteiger partial charge is 0.481 e. The van der Waals surface area contributed by atoms with Crippen LogP contribution in [0.25, 0.3) is 0 Å². The number of primary amides is 1. The second kappa shape index (κ2) is 18.6. The molecule has 1 aromatic carbocycles. The lowest BCUT2D eigenvalue weighted by Crippen LogP contribution is -2.59. The predicted molar refractivity (Wildman–Crippen MR) is 159 cm³/mol. The van der Waals surface area contributed by atoms with Crippen LogP contribution in [-0.4, -0.2) is 87.8 Å². The molecule has 5 atom stereocenters. The number of hydrogen-bond acceptors (Lipinski definition) is 8. The standard InChI is InChI=1S/C29H42N6O10/c1-15(2)12-20(27(42)35-22(29(44)45)13-18-8-6-5-7-9-18)34-28(43)21(14-24(38)39)33-25(40)16(3)31-26(41)19(32-17(4)36)10-11-23(30)37/h5-9,15-16,19-22H,10-14H2,1-4H3,(H2,30,37)(H,31,41)(H,32,36)(H,33,40)(H,34,43)(H,35,42)(H,38,39)(H,44,45)/t16-,19-,20-,21-,22-/m0/s1. The van der Waals surface area contributed by atoms with Gasteiger partial charge in [-0.3, -0.25) is 33.6 Å². The van der Waals surface area contributed by atoms with Gasteiger partial charge >= 0.3 is 11.9 Å². The minimum Gasteiger partial charge on any atom is -0.481 e. The molecule has 248 valence electrons. The third-order valence-corrected chi connectivity index (χ3v) is 6.37. The Bertz CT molecular complexity index is 1240. The molecule has 16 heteroatoms. The number of carbonyl (C=O) groups is 8. The zero-order chi connectivity index (χ0) is 34.3. The highest BCUT2D eigenvalue weighted by Gasteiger charge is 2.32. The summed E-state index contributed by atoms with van der Waals surface area (Å²) in [7, 11) is 0. The first-order valence-electron chi connectivity index (χ1n) is 14.3. The molecule has 0 saturated carbocycles. The van der Waals surface area contributed by atoms with Crippen molar-refractivity contribution in [2.75, 3.05) is 0 Å². The van der Waals surface area contributed by atoms with Crippen molar-refractivity contribution in [3.63, 3.8) is 0 Å². The van der Waals surface area contributed by atoms with E-state index in [1.54, 1.807) is 44.2 Å². The summed E-state index contributed by atoms with van der Waals surface area (Å²) >= 11 is 0. The van der Waals surface area contributed by atoms with Crippen LogP contribution in [-0.2, 0) is 44.8 Å². The summed E-state index contributed by atoms with van der Waals surface area (Å²) in [6.45, 7) is 5.90. The Balaban J connectivity index is 3.04. The molecule has 0 aromatic heterocycles. The number of carbonyl (C=O) groups excluding carboxylic acids is 6. The summed E-state index contributed by atoms with van der Waals surface area (Å²) in [5, 5.41) is 30.8. The van der Waals surface area contributed by atoms with E-state index in [-0.39, 0.29) is 31.6 Å². The molecule has 0 radical (unpaired) electrons. The molecule has 0 heterocycles. The van der Waals surface area contributed by atoms with Crippen molar-refractivity contribution in [1.29, 1.82) is 0 Å². The van der Waals surface area contributed by atoms with Crippen molar-refractivity contribution in [3.05, 3.63) is 35.9 Å². The van der Waals surface area contributed by atoms with Gasteiger partial charge in [-0.1, -0.05) is 44.2 Å². The second-order valence-electron chi connectivity index (χ2n) is 10.9. The minimum atomic E-state index is -1.68. The van der Waals surface area contributed by atoms with Crippen molar-refractivity contribution < 1.29 is 48.6 Å². The maximum absolute atomic E-state index is 13.2. The van der Waals surface area contributed by atoms with Gasteiger partial charge in [0.05, 0.1) is 6.42 Å². The highest BCUT2D eigenvalue weighted by Crippen LogP contribution is 2.09. The Morgan fingerprint density at radius 1 is 0.711 bits per heavy atom. The van der Waals surface area contributed by atoms with Crippen LogP contribution in [0.4, 0.5) is 0 Å². The molecule has 0 fully saturated rings. The Hall–Kier alpha value is -5.02. The Morgan fingerprint density at radius 2 is 1.24 bits per heavy atom. The van der Waals surface area contributed by atoms with E-state index < -0.39 is 84.0 Å². The Kier molecular flexibility index (Phi) is 15.7. The first kappa shape index (κ1) is 38.0. The number of benzene rings is 1. The first-order valence-corrected chi connectivity index (χ1v) is 14.3. The van der Waals surface area contributed by atoms with Gasteiger partial charge in [0.2, 0.25) is 35.4 Å². The van der Waals surface area contributed by atoms with Crippen LogP contribution >= 0.6 is 0 Å². The molecule has 0 spiro atoms. The van der Waals surface area contributed by atoms with Crippen molar-refractivity contribution in [2.24, 2.45) is 11.7 Å². The van der Waals surface area contributed by atoms with E-state index in [2.05, 4.69) is 26.6 Å². The quantitative estimate of drug-likeness (QED) is 0.0879. The van der Waals surface area contributed by atoms with E-state index in [0.717, 1.165) is 6.92 Å². The zero-order valence-corrected chi connectivity index (χ0v) is 25.6. The van der Waals surface area contributed by atoms with Crippen LogP contribution in [0.1, 0.15) is 58.9 Å².